The van der Waals surface area contributed by atoms with E-state index in [1.807, 2.05) is 29.9 Å². The van der Waals surface area contributed by atoms with E-state index >= 15 is 0 Å². The summed E-state index contributed by atoms with van der Waals surface area (Å²) in [4.78, 5) is 4.51. The highest BCUT2D eigenvalue weighted by molar-refractivity contribution is 5.27. The molecule has 2 rings (SSSR count). The van der Waals surface area contributed by atoms with E-state index in [2.05, 4.69) is 24.0 Å². The Labute approximate surface area is 114 Å². The molecule has 0 aliphatic rings. The minimum atomic E-state index is 0.479. The van der Waals surface area contributed by atoms with Gasteiger partial charge in [-0.05, 0) is 30.7 Å². The fraction of sp³-hybridized carbons (Fsp3) is 0.400. The quantitative estimate of drug-likeness (QED) is 0.864. The molecule has 0 radical (unpaired) electrons. The third-order valence-corrected chi connectivity index (χ3v) is 3.12. The van der Waals surface area contributed by atoms with E-state index < -0.39 is 0 Å². The maximum atomic E-state index is 5.75. The molecule has 1 aromatic heterocycles. The van der Waals surface area contributed by atoms with Crippen molar-refractivity contribution < 1.29 is 4.74 Å². The molecule has 102 valence electrons. The summed E-state index contributed by atoms with van der Waals surface area (Å²) < 4.78 is 7.74. The normalized spacial score (nSPS) is 10.7. The molecule has 4 nitrogen and oxygen atoms in total. The van der Waals surface area contributed by atoms with E-state index in [9.17, 15) is 0 Å². The van der Waals surface area contributed by atoms with Crippen LogP contribution in [0.3, 0.4) is 0 Å². The Kier molecular flexibility index (Phi) is 4.58. The van der Waals surface area contributed by atoms with Crippen molar-refractivity contribution in [3.05, 3.63) is 47.5 Å². The third kappa shape index (κ3) is 3.58. The van der Waals surface area contributed by atoms with Gasteiger partial charge in [0, 0.05) is 19.7 Å². The van der Waals surface area contributed by atoms with Gasteiger partial charge in [0.1, 0.15) is 18.2 Å². The first-order valence-electron chi connectivity index (χ1n) is 6.66. The van der Waals surface area contributed by atoms with Gasteiger partial charge in [-0.25, -0.2) is 4.98 Å². The molecule has 0 atom stereocenters. The predicted molar refractivity (Wildman–Crippen MR) is 76.1 cm³/mol. The highest BCUT2D eigenvalue weighted by atomic mass is 16.5. The number of hydrogen-bond donors (Lipinski definition) is 1. The molecule has 4 heteroatoms. The summed E-state index contributed by atoms with van der Waals surface area (Å²) in [6.45, 7) is 3.24. The Morgan fingerprint density at radius 3 is 2.63 bits per heavy atom. The van der Waals surface area contributed by atoms with Crippen LogP contribution in [-0.2, 0) is 26.5 Å². The number of hydrogen-bond acceptors (Lipinski definition) is 3. The second kappa shape index (κ2) is 6.38. The van der Waals surface area contributed by atoms with Gasteiger partial charge in [0.2, 0.25) is 0 Å². The van der Waals surface area contributed by atoms with Gasteiger partial charge in [0.25, 0.3) is 0 Å². The van der Waals surface area contributed by atoms with E-state index in [0.717, 1.165) is 30.1 Å². The van der Waals surface area contributed by atoms with Crippen LogP contribution in [0.4, 0.5) is 0 Å². The molecule has 0 aliphatic carbocycles. The van der Waals surface area contributed by atoms with Crippen LogP contribution in [0.1, 0.15) is 24.0 Å². The van der Waals surface area contributed by atoms with Crippen LogP contribution < -0.4 is 10.5 Å². The van der Waals surface area contributed by atoms with Crippen molar-refractivity contribution in [1.29, 1.82) is 0 Å². The van der Waals surface area contributed by atoms with Crippen molar-refractivity contribution in [1.82, 2.24) is 9.55 Å². The number of benzene rings is 1. The smallest absolute Gasteiger partial charge is 0.146 e. The first-order valence-corrected chi connectivity index (χ1v) is 6.66. The molecule has 0 spiro atoms. The van der Waals surface area contributed by atoms with E-state index in [-0.39, 0.29) is 0 Å². The summed E-state index contributed by atoms with van der Waals surface area (Å²) in [7, 11) is 1.98. The largest absolute Gasteiger partial charge is 0.486 e. The van der Waals surface area contributed by atoms with E-state index in [1.54, 1.807) is 0 Å². The minimum Gasteiger partial charge on any atom is -0.486 e. The summed E-state index contributed by atoms with van der Waals surface area (Å²) in [5, 5.41) is 0. The summed E-state index contributed by atoms with van der Waals surface area (Å²) in [5.74, 6) is 1.79. The monoisotopic (exact) mass is 259 g/mol. The maximum absolute atomic E-state index is 5.75. The Morgan fingerprint density at radius 2 is 2.00 bits per heavy atom. The molecular weight excluding hydrogens is 238 g/mol. The van der Waals surface area contributed by atoms with Gasteiger partial charge in [-0.15, -0.1) is 0 Å². The zero-order chi connectivity index (χ0) is 13.7. The molecule has 0 fully saturated rings. The number of imidazole rings is 1. The number of aromatic nitrogens is 2. The lowest BCUT2D eigenvalue weighted by Gasteiger charge is -2.06. The maximum Gasteiger partial charge on any atom is 0.146 e. The molecule has 0 saturated carbocycles. The van der Waals surface area contributed by atoms with Crippen LogP contribution in [0.25, 0.3) is 0 Å². The predicted octanol–water partition coefficient (Wildman–Crippen LogP) is 2.06. The molecule has 1 heterocycles. The molecule has 0 saturated heterocycles. The van der Waals surface area contributed by atoms with Crippen molar-refractivity contribution in [2.24, 2.45) is 12.8 Å². The molecule has 0 amide bonds. The van der Waals surface area contributed by atoms with Gasteiger partial charge in [-0.1, -0.05) is 19.1 Å². The van der Waals surface area contributed by atoms with Crippen LogP contribution in [0, 0.1) is 0 Å². The standard InChI is InChI=1S/C15H21N3O/c1-3-12-4-6-14(7-5-12)19-11-15-17-13(8-9-16)10-18(15)2/h4-7,10H,3,8-9,11,16H2,1-2H3. The van der Waals surface area contributed by atoms with Crippen LogP contribution in [0.15, 0.2) is 30.5 Å². The summed E-state index contributed by atoms with van der Waals surface area (Å²) in [6, 6.07) is 8.19. The second-order valence-electron chi connectivity index (χ2n) is 4.58. The number of nitrogens with two attached hydrogens (primary N) is 1. The van der Waals surface area contributed by atoms with Crippen molar-refractivity contribution >= 4 is 0 Å². The highest BCUT2D eigenvalue weighted by Crippen LogP contribution is 2.14. The lowest BCUT2D eigenvalue weighted by Crippen LogP contribution is -2.04. The van der Waals surface area contributed by atoms with Crippen molar-refractivity contribution in [3.63, 3.8) is 0 Å². The molecule has 19 heavy (non-hydrogen) atoms. The van der Waals surface area contributed by atoms with Crippen LogP contribution in [-0.4, -0.2) is 16.1 Å². The Balaban J connectivity index is 1.97. The van der Waals surface area contributed by atoms with Crippen LogP contribution in [0.5, 0.6) is 5.75 Å². The summed E-state index contributed by atoms with van der Waals surface area (Å²) in [5.41, 5.74) is 7.86. The molecule has 2 N–H and O–H groups in total. The van der Waals surface area contributed by atoms with E-state index in [1.165, 1.54) is 5.56 Å². The van der Waals surface area contributed by atoms with Gasteiger partial charge in [0.15, 0.2) is 0 Å². The summed E-state index contributed by atoms with van der Waals surface area (Å²) in [6.07, 6.45) is 3.85. The van der Waals surface area contributed by atoms with Crippen LogP contribution in [0.2, 0.25) is 0 Å². The van der Waals surface area contributed by atoms with Gasteiger partial charge >= 0.3 is 0 Å². The lowest BCUT2D eigenvalue weighted by atomic mass is 10.2. The Morgan fingerprint density at radius 1 is 1.26 bits per heavy atom. The Hall–Kier alpha value is -1.81. The van der Waals surface area contributed by atoms with Crippen molar-refractivity contribution in [2.45, 2.75) is 26.4 Å². The molecule has 0 aliphatic heterocycles. The summed E-state index contributed by atoms with van der Waals surface area (Å²) >= 11 is 0. The third-order valence-electron chi connectivity index (χ3n) is 3.12. The number of ether oxygens (including phenoxy) is 1. The number of rotatable bonds is 6. The van der Waals surface area contributed by atoms with Gasteiger partial charge < -0.3 is 15.0 Å². The van der Waals surface area contributed by atoms with Gasteiger partial charge in [0.05, 0.1) is 5.69 Å². The first-order chi connectivity index (χ1) is 9.22. The fourth-order valence-electron chi connectivity index (χ4n) is 1.94. The molecule has 0 unspecified atom stereocenters. The Bertz CT molecular complexity index is 517. The SMILES string of the molecule is CCc1ccc(OCc2nc(CCN)cn2C)cc1. The molecular formula is C15H21N3O. The molecule has 0 bridgehead atoms. The first kappa shape index (κ1) is 13.6. The van der Waals surface area contributed by atoms with Crippen molar-refractivity contribution in [3.8, 4) is 5.75 Å². The van der Waals surface area contributed by atoms with E-state index in [4.69, 9.17) is 10.5 Å². The highest BCUT2D eigenvalue weighted by Gasteiger charge is 2.05. The minimum absolute atomic E-state index is 0.479. The second-order valence-corrected chi connectivity index (χ2v) is 4.58. The molecule has 2 aromatic rings. The van der Waals surface area contributed by atoms with Gasteiger partial charge in [-0.2, -0.15) is 0 Å². The molecule has 1 aromatic carbocycles. The topological polar surface area (TPSA) is 53.1 Å². The van der Waals surface area contributed by atoms with Crippen molar-refractivity contribution in [2.75, 3.05) is 6.54 Å². The number of aryl methyl sites for hydroxylation is 2. The average Bonchev–Trinajstić information content (AvgIpc) is 2.78. The average molecular weight is 259 g/mol. The zero-order valence-corrected chi connectivity index (χ0v) is 11.6. The van der Waals surface area contributed by atoms with E-state index in [0.29, 0.717) is 13.2 Å². The van der Waals surface area contributed by atoms with Crippen LogP contribution >= 0.6 is 0 Å². The zero-order valence-electron chi connectivity index (χ0n) is 11.6. The fourth-order valence-corrected chi connectivity index (χ4v) is 1.94. The number of nitrogens with zero attached hydrogens (tertiary/aromatic N) is 2. The lowest BCUT2D eigenvalue weighted by molar-refractivity contribution is 0.291. The van der Waals surface area contributed by atoms with Gasteiger partial charge in [-0.3, -0.25) is 0 Å².